The van der Waals surface area contributed by atoms with E-state index in [0.717, 1.165) is 36.6 Å². The number of likely N-dealkylation sites (N-methyl/N-ethyl adjacent to an activating group) is 1. The minimum atomic E-state index is -0.373. The van der Waals surface area contributed by atoms with Crippen molar-refractivity contribution in [1.29, 1.82) is 0 Å². The van der Waals surface area contributed by atoms with Gasteiger partial charge in [-0.05, 0) is 33.4 Å². The molecule has 1 N–H and O–H groups in total. The highest BCUT2D eigenvalue weighted by Crippen LogP contribution is 2.40. The first-order chi connectivity index (χ1) is 12.8. The van der Waals surface area contributed by atoms with Crippen molar-refractivity contribution in [3.05, 3.63) is 16.0 Å². The van der Waals surface area contributed by atoms with E-state index in [0.29, 0.717) is 36.7 Å². The van der Waals surface area contributed by atoms with Crippen LogP contribution in [-0.4, -0.2) is 73.7 Å². The van der Waals surface area contributed by atoms with E-state index in [2.05, 4.69) is 22.2 Å². The zero-order valence-electron chi connectivity index (χ0n) is 16.6. The van der Waals surface area contributed by atoms with Crippen LogP contribution >= 0.6 is 11.3 Å². The first-order valence-electron chi connectivity index (χ1n) is 9.45. The Labute approximate surface area is 164 Å². The minimum Gasteiger partial charge on any atom is -0.462 e. The van der Waals surface area contributed by atoms with Crippen molar-refractivity contribution >= 4 is 28.2 Å². The standard InChI is InChI=1S/C19H29N3O4S/c1-5-25-18(24)16-13-10-19(2,3)26-12-14(13)27-17(16)20-15(23)11-22-8-6-21(4)7-9-22/h5-12H2,1-4H3,(H,20,23). The van der Waals surface area contributed by atoms with Crippen LogP contribution in [0.5, 0.6) is 0 Å². The SMILES string of the molecule is CCOC(=O)c1c(NC(=O)CN2CCN(C)CC2)sc2c1CC(C)(C)OC2. The second kappa shape index (κ2) is 8.26. The number of esters is 1. The van der Waals surface area contributed by atoms with Crippen LogP contribution in [0.1, 0.15) is 41.6 Å². The predicted molar refractivity (Wildman–Crippen MR) is 105 cm³/mol. The van der Waals surface area contributed by atoms with Crippen LogP contribution in [0.4, 0.5) is 5.00 Å². The average molecular weight is 396 g/mol. The van der Waals surface area contributed by atoms with E-state index in [4.69, 9.17) is 9.47 Å². The van der Waals surface area contributed by atoms with E-state index in [-0.39, 0.29) is 17.5 Å². The predicted octanol–water partition coefficient (Wildman–Crippen LogP) is 1.96. The summed E-state index contributed by atoms with van der Waals surface area (Å²) in [5.74, 6) is -0.466. The molecular formula is C19H29N3O4S. The molecule has 7 nitrogen and oxygen atoms in total. The largest absolute Gasteiger partial charge is 0.462 e. The maximum atomic E-state index is 12.6. The number of rotatable bonds is 5. The first-order valence-corrected chi connectivity index (χ1v) is 10.3. The summed E-state index contributed by atoms with van der Waals surface area (Å²) in [6, 6.07) is 0. The van der Waals surface area contributed by atoms with Crippen molar-refractivity contribution < 1.29 is 19.1 Å². The second-order valence-electron chi connectivity index (χ2n) is 7.78. The topological polar surface area (TPSA) is 71.1 Å². The number of amides is 1. The number of thiophene rings is 1. The van der Waals surface area contributed by atoms with Gasteiger partial charge in [0.2, 0.25) is 5.91 Å². The summed E-state index contributed by atoms with van der Waals surface area (Å²) in [6.07, 6.45) is 0.626. The van der Waals surface area contributed by atoms with Crippen molar-refractivity contribution in [2.24, 2.45) is 0 Å². The zero-order chi connectivity index (χ0) is 19.6. The van der Waals surface area contributed by atoms with Crippen LogP contribution in [0, 0.1) is 0 Å². The van der Waals surface area contributed by atoms with E-state index in [1.807, 2.05) is 13.8 Å². The molecule has 150 valence electrons. The third-order valence-electron chi connectivity index (χ3n) is 4.98. The fourth-order valence-electron chi connectivity index (χ4n) is 3.44. The normalized spacial score (nSPS) is 20.1. The Kier molecular flexibility index (Phi) is 6.20. The lowest BCUT2D eigenvalue weighted by Gasteiger charge is -2.31. The molecule has 0 spiro atoms. The Balaban J connectivity index is 1.77. The summed E-state index contributed by atoms with van der Waals surface area (Å²) < 4.78 is 11.1. The average Bonchev–Trinajstić information content (AvgIpc) is 2.93. The van der Waals surface area contributed by atoms with Crippen molar-refractivity contribution in [3.63, 3.8) is 0 Å². The molecule has 1 amide bonds. The maximum absolute atomic E-state index is 12.6. The second-order valence-corrected chi connectivity index (χ2v) is 8.89. The summed E-state index contributed by atoms with van der Waals surface area (Å²) in [5, 5.41) is 3.54. The smallest absolute Gasteiger partial charge is 0.341 e. The molecule has 8 heteroatoms. The van der Waals surface area contributed by atoms with Crippen molar-refractivity contribution in [2.45, 2.75) is 39.4 Å². The summed E-state index contributed by atoms with van der Waals surface area (Å²) in [4.78, 5) is 30.6. The van der Waals surface area contributed by atoms with E-state index in [1.165, 1.54) is 11.3 Å². The van der Waals surface area contributed by atoms with Gasteiger partial charge < -0.3 is 19.7 Å². The van der Waals surface area contributed by atoms with Gasteiger partial charge in [0.15, 0.2) is 0 Å². The first kappa shape index (κ1) is 20.3. The quantitative estimate of drug-likeness (QED) is 0.769. The van der Waals surface area contributed by atoms with Crippen LogP contribution < -0.4 is 5.32 Å². The molecule has 27 heavy (non-hydrogen) atoms. The highest BCUT2D eigenvalue weighted by molar-refractivity contribution is 7.17. The van der Waals surface area contributed by atoms with Gasteiger partial charge in [0, 0.05) is 37.5 Å². The number of ether oxygens (including phenoxy) is 2. The number of carbonyl (C=O) groups is 2. The fourth-order valence-corrected chi connectivity index (χ4v) is 4.57. The fraction of sp³-hybridized carbons (Fsp3) is 0.684. The van der Waals surface area contributed by atoms with Gasteiger partial charge in [-0.15, -0.1) is 11.3 Å². The molecule has 3 heterocycles. The van der Waals surface area contributed by atoms with E-state index in [9.17, 15) is 9.59 Å². The third kappa shape index (κ3) is 4.87. The molecule has 0 atom stereocenters. The molecule has 1 fully saturated rings. The van der Waals surface area contributed by atoms with E-state index >= 15 is 0 Å². The van der Waals surface area contributed by atoms with Crippen molar-refractivity contribution in [3.8, 4) is 0 Å². The molecule has 0 aliphatic carbocycles. The summed E-state index contributed by atoms with van der Waals surface area (Å²) in [6.45, 7) is 10.6. The number of hydrogen-bond acceptors (Lipinski definition) is 7. The molecule has 1 aromatic heterocycles. The van der Waals surface area contributed by atoms with Crippen LogP contribution in [0.3, 0.4) is 0 Å². The molecule has 0 aromatic carbocycles. The molecule has 1 saturated heterocycles. The third-order valence-corrected chi connectivity index (χ3v) is 6.10. The van der Waals surface area contributed by atoms with Crippen LogP contribution in [0.2, 0.25) is 0 Å². The number of fused-ring (bicyclic) bond motifs is 1. The van der Waals surface area contributed by atoms with Crippen molar-refractivity contribution in [2.75, 3.05) is 51.7 Å². The van der Waals surface area contributed by atoms with Gasteiger partial charge in [-0.3, -0.25) is 9.69 Å². The Bertz CT molecular complexity index is 708. The van der Waals surface area contributed by atoms with Crippen LogP contribution in [-0.2, 0) is 27.3 Å². The molecular weight excluding hydrogens is 366 g/mol. The lowest BCUT2D eigenvalue weighted by Crippen LogP contribution is -2.47. The van der Waals surface area contributed by atoms with Gasteiger partial charge in [0.05, 0.1) is 30.9 Å². The molecule has 0 saturated carbocycles. The summed E-state index contributed by atoms with van der Waals surface area (Å²) >= 11 is 1.42. The monoisotopic (exact) mass is 395 g/mol. The van der Waals surface area contributed by atoms with Gasteiger partial charge in [0.1, 0.15) is 5.00 Å². The highest BCUT2D eigenvalue weighted by atomic mass is 32.1. The number of nitrogens with zero attached hydrogens (tertiary/aromatic N) is 2. The molecule has 1 aromatic rings. The Morgan fingerprint density at radius 3 is 2.63 bits per heavy atom. The lowest BCUT2D eigenvalue weighted by molar-refractivity contribution is -0.117. The van der Waals surface area contributed by atoms with E-state index < -0.39 is 0 Å². The van der Waals surface area contributed by atoms with Gasteiger partial charge >= 0.3 is 5.97 Å². The molecule has 3 rings (SSSR count). The maximum Gasteiger partial charge on any atom is 0.341 e. The molecule has 0 unspecified atom stereocenters. The van der Waals surface area contributed by atoms with Gasteiger partial charge in [-0.25, -0.2) is 4.79 Å². The summed E-state index contributed by atoms with van der Waals surface area (Å²) in [5.41, 5.74) is 1.11. The number of hydrogen-bond donors (Lipinski definition) is 1. The summed E-state index contributed by atoms with van der Waals surface area (Å²) in [7, 11) is 2.09. The molecule has 2 aliphatic rings. The highest BCUT2D eigenvalue weighted by Gasteiger charge is 2.34. The van der Waals surface area contributed by atoms with Gasteiger partial charge in [0.25, 0.3) is 0 Å². The van der Waals surface area contributed by atoms with Crippen LogP contribution in [0.25, 0.3) is 0 Å². The van der Waals surface area contributed by atoms with E-state index in [1.54, 1.807) is 6.92 Å². The Morgan fingerprint density at radius 1 is 1.26 bits per heavy atom. The molecule has 0 radical (unpaired) electrons. The zero-order valence-corrected chi connectivity index (χ0v) is 17.4. The molecule has 0 bridgehead atoms. The van der Waals surface area contributed by atoms with Crippen molar-refractivity contribution in [1.82, 2.24) is 9.80 Å². The minimum absolute atomic E-state index is 0.0936. The number of anilines is 1. The number of nitrogens with one attached hydrogen (secondary N) is 1. The Morgan fingerprint density at radius 2 is 1.96 bits per heavy atom. The van der Waals surface area contributed by atoms with Gasteiger partial charge in [-0.1, -0.05) is 0 Å². The van der Waals surface area contributed by atoms with Gasteiger partial charge in [-0.2, -0.15) is 0 Å². The lowest BCUT2D eigenvalue weighted by atomic mass is 9.93. The number of piperazine rings is 1. The van der Waals surface area contributed by atoms with Crippen LogP contribution in [0.15, 0.2) is 0 Å². The Hall–Kier alpha value is -1.48. The number of carbonyl (C=O) groups excluding carboxylic acids is 2. The molecule has 2 aliphatic heterocycles.